The van der Waals surface area contributed by atoms with E-state index in [1.165, 1.54) is 36.2 Å². The summed E-state index contributed by atoms with van der Waals surface area (Å²) in [5.41, 5.74) is 1.78. The van der Waals surface area contributed by atoms with Gasteiger partial charge < -0.3 is 18.9 Å². The average molecular weight is 675 g/mol. The van der Waals surface area contributed by atoms with E-state index in [1.807, 2.05) is 13.0 Å². The van der Waals surface area contributed by atoms with Crippen molar-refractivity contribution in [1.29, 1.82) is 0 Å². The lowest BCUT2D eigenvalue weighted by atomic mass is 9.81. The summed E-state index contributed by atoms with van der Waals surface area (Å²) in [6, 6.07) is 4.60. The SMILES string of the molecule is CCOc1cc(C(C)N2CC3(CC3)c3c(CN(C)CC(F)(F)F)cc(Cn4ccnc4N(C)C(=O)OC(C)(C)C)cc3C2=O)ncc1F. The van der Waals surface area contributed by atoms with Crippen molar-refractivity contribution in [2.24, 2.45) is 0 Å². The molecule has 0 bridgehead atoms. The second-order valence-corrected chi connectivity index (χ2v) is 13.7. The van der Waals surface area contributed by atoms with Crippen LogP contribution in [0.1, 0.15) is 86.2 Å². The molecule has 3 heterocycles. The summed E-state index contributed by atoms with van der Waals surface area (Å²) in [5.74, 6) is -0.553. The molecular formula is C34H42F4N6O4. The number of fused-ring (bicyclic) bond motifs is 2. The molecule has 1 fully saturated rings. The zero-order chi connectivity index (χ0) is 35.2. The molecule has 5 rings (SSSR count). The number of anilines is 1. The first kappa shape index (κ1) is 35.1. The van der Waals surface area contributed by atoms with Crippen molar-refractivity contribution in [3.63, 3.8) is 0 Å². The Kier molecular flexibility index (Phi) is 9.52. The number of hydrogen-bond acceptors (Lipinski definition) is 7. The molecule has 0 radical (unpaired) electrons. The largest absolute Gasteiger partial charge is 0.491 e. The molecule has 48 heavy (non-hydrogen) atoms. The van der Waals surface area contributed by atoms with Gasteiger partial charge in [-0.15, -0.1) is 0 Å². The lowest BCUT2D eigenvalue weighted by Gasteiger charge is -2.40. The lowest BCUT2D eigenvalue weighted by Crippen LogP contribution is -2.45. The Balaban J connectivity index is 1.54. The van der Waals surface area contributed by atoms with Crippen LogP contribution in [-0.2, 0) is 23.2 Å². The van der Waals surface area contributed by atoms with E-state index in [1.54, 1.807) is 49.4 Å². The quantitative estimate of drug-likeness (QED) is 0.228. The second kappa shape index (κ2) is 13.0. The van der Waals surface area contributed by atoms with Crippen LogP contribution in [0.25, 0.3) is 0 Å². The molecule has 0 N–H and O–H groups in total. The maximum Gasteiger partial charge on any atom is 0.416 e. The van der Waals surface area contributed by atoms with E-state index in [-0.39, 0.29) is 31.4 Å². The number of nitrogens with zero attached hydrogens (tertiary/aromatic N) is 6. The van der Waals surface area contributed by atoms with Gasteiger partial charge in [-0.05, 0) is 77.3 Å². The molecular weight excluding hydrogens is 632 g/mol. The van der Waals surface area contributed by atoms with Gasteiger partial charge in [-0.25, -0.2) is 14.2 Å². The van der Waals surface area contributed by atoms with E-state index >= 15 is 0 Å². The normalized spacial score (nSPS) is 16.2. The lowest BCUT2D eigenvalue weighted by molar-refractivity contribution is -0.144. The summed E-state index contributed by atoms with van der Waals surface area (Å²) in [5, 5.41) is 0. The van der Waals surface area contributed by atoms with Gasteiger partial charge in [0.05, 0.1) is 37.6 Å². The van der Waals surface area contributed by atoms with Gasteiger partial charge in [-0.1, -0.05) is 6.07 Å². The molecule has 260 valence electrons. The molecule has 14 heteroatoms. The van der Waals surface area contributed by atoms with Gasteiger partial charge in [-0.3, -0.25) is 19.6 Å². The Morgan fingerprint density at radius 1 is 1.12 bits per heavy atom. The van der Waals surface area contributed by atoms with Crippen molar-refractivity contribution in [2.75, 3.05) is 38.7 Å². The highest BCUT2D eigenvalue weighted by Gasteiger charge is 2.53. The number of benzene rings is 1. The summed E-state index contributed by atoms with van der Waals surface area (Å²) in [4.78, 5) is 40.0. The van der Waals surface area contributed by atoms with E-state index in [9.17, 15) is 27.2 Å². The minimum Gasteiger partial charge on any atom is -0.491 e. The number of hydrogen-bond donors (Lipinski definition) is 0. The van der Waals surface area contributed by atoms with Crippen molar-refractivity contribution in [2.45, 2.75) is 83.8 Å². The van der Waals surface area contributed by atoms with Crippen molar-refractivity contribution in [3.05, 3.63) is 70.6 Å². The van der Waals surface area contributed by atoms with E-state index < -0.39 is 41.7 Å². The number of imidazole rings is 1. The maximum absolute atomic E-state index is 14.4. The number of pyridine rings is 1. The smallest absolute Gasteiger partial charge is 0.416 e. The zero-order valence-electron chi connectivity index (χ0n) is 28.3. The van der Waals surface area contributed by atoms with Crippen LogP contribution in [0.3, 0.4) is 0 Å². The third kappa shape index (κ3) is 7.58. The molecule has 1 aliphatic heterocycles. The van der Waals surface area contributed by atoms with Crippen LogP contribution in [-0.4, -0.2) is 81.9 Å². The topological polar surface area (TPSA) is 93.0 Å². The van der Waals surface area contributed by atoms with Gasteiger partial charge in [0.1, 0.15) is 5.60 Å². The number of amides is 2. The molecule has 1 spiro atoms. The fourth-order valence-corrected chi connectivity index (χ4v) is 6.36. The van der Waals surface area contributed by atoms with Gasteiger partial charge in [-0.2, -0.15) is 13.2 Å². The number of alkyl halides is 3. The third-order valence-electron chi connectivity index (χ3n) is 8.57. The molecule has 1 saturated carbocycles. The standard InChI is InChI=1S/C34H42F4N6O4/c1-8-47-27-15-26(40-16-25(27)35)21(2)44-19-33(9-10-33)28-23(18-41(6)20-34(36,37)38)13-22(14-24(28)29(44)45)17-43-12-11-39-30(43)42(7)31(46)48-32(3,4)5/h11-16,21H,8-10,17-20H2,1-7H3. The number of halogens is 4. The van der Waals surface area contributed by atoms with Gasteiger partial charge in [0.15, 0.2) is 11.6 Å². The summed E-state index contributed by atoms with van der Waals surface area (Å²) >= 11 is 0. The van der Waals surface area contributed by atoms with Gasteiger partial charge in [0, 0.05) is 49.6 Å². The predicted octanol–water partition coefficient (Wildman–Crippen LogP) is 6.48. The van der Waals surface area contributed by atoms with Crippen LogP contribution in [0.2, 0.25) is 0 Å². The van der Waals surface area contributed by atoms with E-state index in [4.69, 9.17) is 9.47 Å². The molecule has 0 saturated heterocycles. The molecule has 1 aliphatic carbocycles. The molecule has 1 atom stereocenters. The summed E-state index contributed by atoms with van der Waals surface area (Å²) in [6.07, 6.45) is 0.819. The van der Waals surface area contributed by atoms with Crippen LogP contribution >= 0.6 is 0 Å². The van der Waals surface area contributed by atoms with Crippen molar-refractivity contribution in [3.8, 4) is 5.75 Å². The molecule has 1 unspecified atom stereocenters. The van der Waals surface area contributed by atoms with Crippen LogP contribution in [0.15, 0.2) is 36.8 Å². The van der Waals surface area contributed by atoms with Gasteiger partial charge in [0.2, 0.25) is 5.95 Å². The van der Waals surface area contributed by atoms with E-state index in [0.29, 0.717) is 34.9 Å². The molecule has 2 aromatic heterocycles. The first-order valence-corrected chi connectivity index (χ1v) is 15.9. The monoisotopic (exact) mass is 674 g/mol. The Morgan fingerprint density at radius 2 is 1.83 bits per heavy atom. The van der Waals surface area contributed by atoms with Crippen LogP contribution < -0.4 is 9.64 Å². The van der Waals surface area contributed by atoms with Crippen molar-refractivity contribution in [1.82, 2.24) is 24.3 Å². The Labute approximate surface area is 277 Å². The molecule has 1 aromatic carbocycles. The number of carbonyl (C=O) groups is 2. The van der Waals surface area contributed by atoms with Crippen LogP contribution in [0, 0.1) is 5.82 Å². The van der Waals surface area contributed by atoms with Crippen molar-refractivity contribution < 1.29 is 36.6 Å². The number of ether oxygens (including phenoxy) is 2. The van der Waals surface area contributed by atoms with Crippen LogP contribution in [0.4, 0.5) is 28.3 Å². The van der Waals surface area contributed by atoms with E-state index in [0.717, 1.165) is 24.6 Å². The summed E-state index contributed by atoms with van der Waals surface area (Å²) in [6.45, 7) is 8.50. The van der Waals surface area contributed by atoms with Gasteiger partial charge in [0.25, 0.3) is 5.91 Å². The predicted molar refractivity (Wildman–Crippen MR) is 171 cm³/mol. The second-order valence-electron chi connectivity index (χ2n) is 13.7. The molecule has 2 aliphatic rings. The first-order chi connectivity index (χ1) is 22.4. The Bertz CT molecular complexity index is 1680. The zero-order valence-corrected chi connectivity index (χ0v) is 28.3. The van der Waals surface area contributed by atoms with Gasteiger partial charge >= 0.3 is 12.3 Å². The highest BCUT2D eigenvalue weighted by molar-refractivity contribution is 5.99. The van der Waals surface area contributed by atoms with E-state index in [2.05, 4.69) is 9.97 Å². The first-order valence-electron chi connectivity index (χ1n) is 15.9. The number of aromatic nitrogens is 3. The highest BCUT2D eigenvalue weighted by atomic mass is 19.4. The fourth-order valence-electron chi connectivity index (χ4n) is 6.36. The Hall–Kier alpha value is -4.20. The maximum atomic E-state index is 14.4. The minimum absolute atomic E-state index is 0.0217. The minimum atomic E-state index is -4.40. The third-order valence-corrected chi connectivity index (χ3v) is 8.57. The number of rotatable bonds is 10. The fraction of sp³-hybridized carbons (Fsp3) is 0.529. The summed E-state index contributed by atoms with van der Waals surface area (Å²) < 4.78 is 67.2. The molecule has 2 amide bonds. The van der Waals surface area contributed by atoms with Crippen molar-refractivity contribution >= 4 is 17.9 Å². The van der Waals surface area contributed by atoms with Crippen LogP contribution in [0.5, 0.6) is 5.75 Å². The molecule has 10 nitrogen and oxygen atoms in total. The average Bonchev–Trinajstić information content (AvgIpc) is 3.59. The Morgan fingerprint density at radius 3 is 2.46 bits per heavy atom. The highest BCUT2D eigenvalue weighted by Crippen LogP contribution is 2.55. The molecule has 3 aromatic rings. The summed E-state index contributed by atoms with van der Waals surface area (Å²) in [7, 11) is 2.95. The number of carbonyl (C=O) groups excluding carboxylic acids is 2.